The van der Waals surface area contributed by atoms with Crippen LogP contribution in [0.25, 0.3) is 10.9 Å². The van der Waals surface area contributed by atoms with Gasteiger partial charge in [0.1, 0.15) is 17.5 Å². The molecule has 9 heteroatoms. The molecule has 2 amide bonds. The van der Waals surface area contributed by atoms with Gasteiger partial charge in [-0.15, -0.1) is 0 Å². The van der Waals surface area contributed by atoms with Gasteiger partial charge >= 0.3 is 5.97 Å². The van der Waals surface area contributed by atoms with E-state index in [1.165, 1.54) is 18.7 Å². The second-order valence-corrected chi connectivity index (χ2v) is 9.35. The maximum Gasteiger partial charge on any atom is 0.303 e. The third kappa shape index (κ3) is 5.99. The number of para-hydroxylation sites is 1. The predicted molar refractivity (Wildman–Crippen MR) is 141 cm³/mol. The highest BCUT2D eigenvalue weighted by Crippen LogP contribution is 2.25. The van der Waals surface area contributed by atoms with Crippen molar-refractivity contribution in [1.29, 1.82) is 0 Å². The largest absolute Gasteiger partial charge is 0.496 e. The van der Waals surface area contributed by atoms with E-state index < -0.39 is 17.9 Å². The van der Waals surface area contributed by atoms with Gasteiger partial charge in [0.05, 0.1) is 12.6 Å². The number of ether oxygens (including phenoxy) is 1. The fourth-order valence-electron chi connectivity index (χ4n) is 4.75. The maximum atomic E-state index is 13.5. The summed E-state index contributed by atoms with van der Waals surface area (Å²) in [5, 5.41) is 12.8. The smallest absolute Gasteiger partial charge is 0.303 e. The van der Waals surface area contributed by atoms with Gasteiger partial charge in [-0.1, -0.05) is 24.3 Å². The number of carboxylic acids is 1. The van der Waals surface area contributed by atoms with Crippen LogP contribution in [-0.4, -0.2) is 71.6 Å². The number of hydrogen-bond donors (Lipinski definition) is 2. The van der Waals surface area contributed by atoms with Gasteiger partial charge in [-0.2, -0.15) is 0 Å². The summed E-state index contributed by atoms with van der Waals surface area (Å²) in [5.74, 6) is -1.39. The fourth-order valence-corrected chi connectivity index (χ4v) is 4.75. The number of carbonyl (C=O) groups is 3. The quantitative estimate of drug-likeness (QED) is 0.484. The van der Waals surface area contributed by atoms with Crippen molar-refractivity contribution in [2.75, 3.05) is 31.6 Å². The van der Waals surface area contributed by atoms with Crippen LogP contribution in [0.15, 0.2) is 54.6 Å². The number of methoxy groups -OCH3 is 1. The second kappa shape index (κ2) is 11.3. The average molecular weight is 505 g/mol. The summed E-state index contributed by atoms with van der Waals surface area (Å²) < 4.78 is 5.43. The molecule has 2 N–H and O–H groups in total. The molecule has 0 aliphatic carbocycles. The first kappa shape index (κ1) is 25.9. The molecule has 0 saturated carbocycles. The number of carbonyl (C=O) groups excluding carboxylic acids is 2. The van der Waals surface area contributed by atoms with Crippen LogP contribution < -0.4 is 15.0 Å². The summed E-state index contributed by atoms with van der Waals surface area (Å²) in [4.78, 5) is 46.4. The van der Waals surface area contributed by atoms with E-state index in [1.54, 1.807) is 11.0 Å². The minimum Gasteiger partial charge on any atom is -0.496 e. The highest BCUT2D eigenvalue weighted by atomic mass is 16.5. The molecule has 194 valence electrons. The van der Waals surface area contributed by atoms with Gasteiger partial charge in [0.15, 0.2) is 0 Å². The molecule has 9 nitrogen and oxygen atoms in total. The highest BCUT2D eigenvalue weighted by molar-refractivity contribution is 5.99. The number of hydrogen-bond acceptors (Lipinski definition) is 6. The Morgan fingerprint density at radius 2 is 1.92 bits per heavy atom. The topological polar surface area (TPSA) is 112 Å². The number of aryl methyl sites for hydroxylation is 1. The highest BCUT2D eigenvalue weighted by Gasteiger charge is 2.32. The molecule has 1 saturated heterocycles. The van der Waals surface area contributed by atoms with Gasteiger partial charge in [0.25, 0.3) is 5.91 Å². The summed E-state index contributed by atoms with van der Waals surface area (Å²) in [6.07, 6.45) is -0.263. The minimum absolute atomic E-state index is 0.0168. The molecule has 0 spiro atoms. The Morgan fingerprint density at radius 3 is 2.62 bits per heavy atom. The number of anilines is 1. The number of benzene rings is 2. The van der Waals surface area contributed by atoms with Gasteiger partial charge in [0, 0.05) is 49.2 Å². The van der Waals surface area contributed by atoms with Crippen LogP contribution in [0.5, 0.6) is 5.75 Å². The first-order valence-corrected chi connectivity index (χ1v) is 12.4. The van der Waals surface area contributed by atoms with Crippen LogP contribution in [0.2, 0.25) is 0 Å². The first-order chi connectivity index (χ1) is 17.8. The lowest BCUT2D eigenvalue weighted by molar-refractivity contribution is -0.138. The number of fused-ring (bicyclic) bond motifs is 1. The molecule has 2 atom stereocenters. The van der Waals surface area contributed by atoms with E-state index in [9.17, 15) is 19.5 Å². The van der Waals surface area contributed by atoms with Crippen molar-refractivity contribution in [2.45, 2.75) is 38.8 Å². The van der Waals surface area contributed by atoms with Gasteiger partial charge in [-0.25, -0.2) is 4.98 Å². The van der Waals surface area contributed by atoms with E-state index in [4.69, 9.17) is 4.74 Å². The molecule has 2 aromatic carbocycles. The Kier molecular flexibility index (Phi) is 7.91. The van der Waals surface area contributed by atoms with Crippen LogP contribution >= 0.6 is 0 Å². The van der Waals surface area contributed by atoms with E-state index in [0.29, 0.717) is 30.9 Å². The Hall–Kier alpha value is -4.14. The molecule has 37 heavy (non-hydrogen) atoms. The molecule has 2 heterocycles. The van der Waals surface area contributed by atoms with Crippen molar-refractivity contribution < 1.29 is 24.2 Å². The molecule has 3 aromatic rings. The number of nitrogens with zero attached hydrogens (tertiary/aromatic N) is 3. The monoisotopic (exact) mass is 504 g/mol. The van der Waals surface area contributed by atoms with Crippen molar-refractivity contribution in [1.82, 2.24) is 15.2 Å². The molecule has 0 bridgehead atoms. The standard InChI is InChI=1S/C28H32N4O5/c1-18-7-6-8-20(15-18)32-14-13-31(17-19(32)2)28(36)23(11-12-26(33)34)30-27(35)24-16-25(37-3)21-9-4-5-10-22(21)29-24/h4-10,15-16,19,23H,11-14,17H2,1-3H3,(H,30,35)(H,33,34). The maximum absolute atomic E-state index is 13.5. The van der Waals surface area contributed by atoms with Crippen molar-refractivity contribution in [3.63, 3.8) is 0 Å². The van der Waals surface area contributed by atoms with Crippen molar-refractivity contribution in [3.8, 4) is 5.75 Å². The van der Waals surface area contributed by atoms with Crippen LogP contribution in [0.1, 0.15) is 35.8 Å². The van der Waals surface area contributed by atoms with Crippen LogP contribution in [-0.2, 0) is 9.59 Å². The molecule has 1 aliphatic heterocycles. The van der Waals surface area contributed by atoms with E-state index in [2.05, 4.69) is 34.3 Å². The Labute approximate surface area is 216 Å². The SMILES string of the molecule is COc1cc(C(=O)NC(CCC(=O)O)C(=O)N2CCN(c3cccc(C)c3)C(C)C2)nc2ccccc12. The average Bonchev–Trinajstić information content (AvgIpc) is 2.89. The summed E-state index contributed by atoms with van der Waals surface area (Å²) in [5.41, 5.74) is 2.95. The third-order valence-electron chi connectivity index (χ3n) is 6.65. The summed E-state index contributed by atoms with van der Waals surface area (Å²) >= 11 is 0. The Balaban J connectivity index is 1.51. The van der Waals surface area contributed by atoms with E-state index in [-0.39, 0.29) is 30.5 Å². The third-order valence-corrected chi connectivity index (χ3v) is 6.65. The lowest BCUT2D eigenvalue weighted by Gasteiger charge is -2.42. The summed E-state index contributed by atoms with van der Waals surface area (Å²) in [7, 11) is 1.51. The number of carboxylic acid groups (broad SMARTS) is 1. The number of piperazine rings is 1. The fraction of sp³-hybridized carbons (Fsp3) is 0.357. The first-order valence-electron chi connectivity index (χ1n) is 12.4. The zero-order valence-electron chi connectivity index (χ0n) is 21.3. The zero-order chi connectivity index (χ0) is 26.5. The molecular formula is C28H32N4O5. The van der Waals surface area contributed by atoms with E-state index >= 15 is 0 Å². The summed E-state index contributed by atoms with van der Waals surface area (Å²) in [6, 6.07) is 16.1. The van der Waals surface area contributed by atoms with Crippen LogP contribution in [0.4, 0.5) is 5.69 Å². The van der Waals surface area contributed by atoms with Gasteiger partial charge in [-0.05, 0) is 50.1 Å². The number of amides is 2. The molecule has 0 radical (unpaired) electrons. The zero-order valence-corrected chi connectivity index (χ0v) is 21.3. The molecule has 1 aromatic heterocycles. The lowest BCUT2D eigenvalue weighted by atomic mass is 10.1. The molecule has 2 unspecified atom stereocenters. The second-order valence-electron chi connectivity index (χ2n) is 9.35. The van der Waals surface area contributed by atoms with Crippen LogP contribution in [0.3, 0.4) is 0 Å². The number of nitrogens with one attached hydrogen (secondary N) is 1. The lowest BCUT2D eigenvalue weighted by Crippen LogP contribution is -2.58. The molecular weight excluding hydrogens is 472 g/mol. The normalized spacial score (nSPS) is 16.4. The van der Waals surface area contributed by atoms with E-state index in [1.807, 2.05) is 37.3 Å². The Morgan fingerprint density at radius 1 is 1.14 bits per heavy atom. The summed E-state index contributed by atoms with van der Waals surface area (Å²) in [6.45, 7) is 5.67. The van der Waals surface area contributed by atoms with Crippen molar-refractivity contribution >= 4 is 34.4 Å². The van der Waals surface area contributed by atoms with E-state index in [0.717, 1.165) is 11.1 Å². The van der Waals surface area contributed by atoms with Gasteiger partial charge in [0.2, 0.25) is 5.91 Å². The molecule has 1 aliphatic rings. The number of pyridine rings is 1. The number of aromatic nitrogens is 1. The minimum atomic E-state index is -1.03. The van der Waals surface area contributed by atoms with Crippen molar-refractivity contribution in [2.24, 2.45) is 0 Å². The predicted octanol–water partition coefficient (Wildman–Crippen LogP) is 3.25. The van der Waals surface area contributed by atoms with Crippen LogP contribution in [0, 0.1) is 6.92 Å². The van der Waals surface area contributed by atoms with Gasteiger partial charge < -0.3 is 25.0 Å². The van der Waals surface area contributed by atoms with Crippen molar-refractivity contribution in [3.05, 3.63) is 65.9 Å². The molecule has 1 fully saturated rings. The Bertz CT molecular complexity index is 1310. The van der Waals surface area contributed by atoms with Gasteiger partial charge in [-0.3, -0.25) is 14.4 Å². The molecule has 4 rings (SSSR count). The number of rotatable bonds is 8. The number of aliphatic carboxylic acids is 1.